The van der Waals surface area contributed by atoms with E-state index in [-0.39, 0.29) is 25.4 Å². The van der Waals surface area contributed by atoms with Crippen molar-refractivity contribution in [3.63, 3.8) is 0 Å². The molecule has 2 aromatic carbocycles. The summed E-state index contributed by atoms with van der Waals surface area (Å²) in [6, 6.07) is 13.4. The van der Waals surface area contributed by atoms with Crippen LogP contribution in [0.2, 0.25) is 0 Å². The first-order chi connectivity index (χ1) is 15.1. The normalized spacial score (nSPS) is 11.4. The van der Waals surface area contributed by atoms with Gasteiger partial charge in [0.1, 0.15) is 0 Å². The molecule has 0 atom stereocenters. The number of aryl methyl sites for hydroxylation is 2. The van der Waals surface area contributed by atoms with E-state index >= 15 is 0 Å². The maximum atomic E-state index is 13.0. The number of ether oxygens (including phenoxy) is 1. The molecule has 32 heavy (non-hydrogen) atoms. The highest BCUT2D eigenvalue weighted by Gasteiger charge is 2.29. The highest BCUT2D eigenvalue weighted by molar-refractivity contribution is 7.22. The molecule has 0 spiro atoms. The standard InChI is InChI=1S/C22H22F3N3O3S/c1-14-10-15(2)19-17(11-14)32-20(27-19)28(12-16-6-4-3-5-7-16)18(29)8-9-26-21(30)31-13-22(23,24)25/h3-7,10-11H,8-9,12-13H2,1-2H3,(H,26,30). The predicted molar refractivity (Wildman–Crippen MR) is 117 cm³/mol. The van der Waals surface area contributed by atoms with Gasteiger partial charge in [0.05, 0.1) is 16.8 Å². The van der Waals surface area contributed by atoms with Gasteiger partial charge < -0.3 is 10.1 Å². The Morgan fingerprint density at radius 3 is 2.56 bits per heavy atom. The van der Waals surface area contributed by atoms with Crippen LogP contribution in [0.1, 0.15) is 23.1 Å². The smallest absolute Gasteiger partial charge is 0.422 e. The molecule has 0 aliphatic carbocycles. The molecule has 0 bridgehead atoms. The second-order valence-corrected chi connectivity index (χ2v) is 8.27. The van der Waals surface area contributed by atoms with E-state index in [0.29, 0.717) is 5.13 Å². The number of thiazole rings is 1. The minimum atomic E-state index is -4.61. The lowest BCUT2D eigenvalue weighted by Crippen LogP contribution is -2.35. The van der Waals surface area contributed by atoms with Gasteiger partial charge in [-0.05, 0) is 36.6 Å². The number of benzene rings is 2. The van der Waals surface area contributed by atoms with Crippen LogP contribution in [0.25, 0.3) is 10.2 Å². The molecule has 1 N–H and O–H groups in total. The number of halogens is 3. The molecule has 0 aliphatic rings. The molecule has 170 valence electrons. The Morgan fingerprint density at radius 2 is 1.88 bits per heavy atom. The van der Waals surface area contributed by atoms with Crippen molar-refractivity contribution in [2.45, 2.75) is 33.0 Å². The highest BCUT2D eigenvalue weighted by Crippen LogP contribution is 2.32. The Labute approximate surface area is 187 Å². The van der Waals surface area contributed by atoms with Crippen LogP contribution in [0.5, 0.6) is 0 Å². The minimum Gasteiger partial charge on any atom is -0.440 e. The lowest BCUT2D eigenvalue weighted by atomic mass is 10.1. The molecule has 3 rings (SSSR count). The molecule has 1 aromatic heterocycles. The van der Waals surface area contributed by atoms with Crippen LogP contribution in [0, 0.1) is 13.8 Å². The molecule has 0 saturated carbocycles. The number of nitrogens with zero attached hydrogens (tertiary/aromatic N) is 2. The number of aromatic nitrogens is 1. The van der Waals surface area contributed by atoms with Gasteiger partial charge in [-0.25, -0.2) is 9.78 Å². The second-order valence-electron chi connectivity index (χ2n) is 7.26. The number of hydrogen-bond donors (Lipinski definition) is 1. The topological polar surface area (TPSA) is 71.5 Å². The number of nitrogens with one attached hydrogen (secondary N) is 1. The van der Waals surface area contributed by atoms with Gasteiger partial charge in [0.25, 0.3) is 0 Å². The quantitative estimate of drug-likeness (QED) is 0.526. The molecule has 0 aliphatic heterocycles. The number of carbonyl (C=O) groups excluding carboxylic acids is 2. The minimum absolute atomic E-state index is 0.123. The first kappa shape index (κ1) is 23.5. The summed E-state index contributed by atoms with van der Waals surface area (Å²) in [6.07, 6.45) is -5.96. The zero-order valence-corrected chi connectivity index (χ0v) is 18.3. The molecule has 0 unspecified atom stereocenters. The lowest BCUT2D eigenvalue weighted by molar-refractivity contribution is -0.160. The summed E-state index contributed by atoms with van der Waals surface area (Å²) in [7, 11) is 0. The van der Waals surface area contributed by atoms with Gasteiger partial charge in [-0.2, -0.15) is 13.2 Å². The van der Waals surface area contributed by atoms with Crippen LogP contribution in [-0.4, -0.2) is 36.3 Å². The Kier molecular flexibility index (Phi) is 7.34. The Balaban J connectivity index is 1.74. The number of anilines is 1. The monoisotopic (exact) mass is 465 g/mol. The summed E-state index contributed by atoms with van der Waals surface area (Å²) < 4.78 is 41.4. The molecule has 10 heteroatoms. The van der Waals surface area contributed by atoms with E-state index in [9.17, 15) is 22.8 Å². The van der Waals surface area contributed by atoms with Crippen molar-refractivity contribution in [1.82, 2.24) is 10.3 Å². The van der Waals surface area contributed by atoms with Crippen molar-refractivity contribution in [3.05, 3.63) is 59.2 Å². The number of alkyl carbamates (subject to hydrolysis) is 1. The Hall–Kier alpha value is -3.14. The average molecular weight is 465 g/mol. The van der Waals surface area contributed by atoms with E-state index in [1.54, 1.807) is 0 Å². The van der Waals surface area contributed by atoms with Gasteiger partial charge in [-0.15, -0.1) is 0 Å². The third-order valence-electron chi connectivity index (χ3n) is 4.51. The van der Waals surface area contributed by atoms with Crippen LogP contribution in [0.3, 0.4) is 0 Å². The first-order valence-electron chi connectivity index (χ1n) is 9.82. The molecule has 0 radical (unpaired) electrons. The fraction of sp³-hybridized carbons (Fsp3) is 0.318. The molecule has 0 saturated heterocycles. The van der Waals surface area contributed by atoms with E-state index in [0.717, 1.165) is 26.9 Å². The number of hydrogen-bond acceptors (Lipinski definition) is 5. The lowest BCUT2D eigenvalue weighted by Gasteiger charge is -2.20. The van der Waals surface area contributed by atoms with Crippen molar-refractivity contribution >= 4 is 38.7 Å². The van der Waals surface area contributed by atoms with Crippen molar-refractivity contribution in [1.29, 1.82) is 0 Å². The van der Waals surface area contributed by atoms with Gasteiger partial charge in [-0.1, -0.05) is 47.7 Å². The predicted octanol–water partition coefficient (Wildman–Crippen LogP) is 5.12. The number of alkyl halides is 3. The summed E-state index contributed by atoms with van der Waals surface area (Å²) in [5.41, 5.74) is 3.80. The van der Waals surface area contributed by atoms with E-state index in [2.05, 4.69) is 15.0 Å². The summed E-state index contributed by atoms with van der Waals surface area (Å²) >= 11 is 1.39. The van der Waals surface area contributed by atoms with Crippen molar-refractivity contribution in [3.8, 4) is 0 Å². The van der Waals surface area contributed by atoms with Gasteiger partial charge in [0.2, 0.25) is 5.91 Å². The van der Waals surface area contributed by atoms with E-state index < -0.39 is 18.9 Å². The van der Waals surface area contributed by atoms with Crippen molar-refractivity contribution in [2.75, 3.05) is 18.1 Å². The maximum absolute atomic E-state index is 13.0. The molecule has 1 heterocycles. The summed E-state index contributed by atoms with van der Waals surface area (Å²) in [4.78, 5) is 30.6. The summed E-state index contributed by atoms with van der Waals surface area (Å²) in [6.45, 7) is 2.37. The van der Waals surface area contributed by atoms with Crippen LogP contribution in [0.15, 0.2) is 42.5 Å². The molecule has 6 nitrogen and oxygen atoms in total. The van der Waals surface area contributed by atoms with Crippen molar-refractivity contribution in [2.24, 2.45) is 0 Å². The second kappa shape index (κ2) is 9.99. The molecular formula is C22H22F3N3O3S. The number of fused-ring (bicyclic) bond motifs is 1. The zero-order valence-electron chi connectivity index (χ0n) is 17.5. The van der Waals surface area contributed by atoms with Crippen LogP contribution < -0.4 is 10.2 Å². The SMILES string of the molecule is Cc1cc(C)c2nc(N(Cc3ccccc3)C(=O)CCNC(=O)OCC(F)(F)F)sc2c1. The third-order valence-corrected chi connectivity index (χ3v) is 5.53. The number of carbonyl (C=O) groups is 2. The number of rotatable bonds is 7. The highest BCUT2D eigenvalue weighted by atomic mass is 32.1. The Morgan fingerprint density at radius 1 is 1.16 bits per heavy atom. The van der Waals surface area contributed by atoms with Gasteiger partial charge in [-0.3, -0.25) is 9.69 Å². The average Bonchev–Trinajstić information content (AvgIpc) is 3.14. The summed E-state index contributed by atoms with van der Waals surface area (Å²) in [5, 5.41) is 2.69. The molecule has 2 amide bonds. The molecular weight excluding hydrogens is 443 g/mol. The zero-order chi connectivity index (χ0) is 23.3. The van der Waals surface area contributed by atoms with Crippen LogP contribution in [0.4, 0.5) is 23.1 Å². The third kappa shape index (κ3) is 6.43. The van der Waals surface area contributed by atoms with E-state index in [1.165, 1.54) is 16.2 Å². The summed E-state index contributed by atoms with van der Waals surface area (Å²) in [5.74, 6) is -0.321. The fourth-order valence-electron chi connectivity index (χ4n) is 3.11. The van der Waals surface area contributed by atoms with Gasteiger partial charge in [0, 0.05) is 13.0 Å². The van der Waals surface area contributed by atoms with E-state index in [4.69, 9.17) is 0 Å². The van der Waals surface area contributed by atoms with Crippen molar-refractivity contribution < 1.29 is 27.5 Å². The molecule has 0 fully saturated rings. The maximum Gasteiger partial charge on any atom is 0.422 e. The Bertz CT molecular complexity index is 1100. The van der Waals surface area contributed by atoms with E-state index in [1.807, 2.05) is 56.3 Å². The first-order valence-corrected chi connectivity index (χ1v) is 10.6. The van der Waals surface area contributed by atoms with Crippen LogP contribution >= 0.6 is 11.3 Å². The number of amides is 2. The van der Waals surface area contributed by atoms with Crippen LogP contribution in [-0.2, 0) is 16.1 Å². The fourth-order valence-corrected chi connectivity index (χ4v) is 4.27. The molecule has 3 aromatic rings. The van der Waals surface area contributed by atoms with Gasteiger partial charge in [0.15, 0.2) is 11.7 Å². The van der Waals surface area contributed by atoms with Gasteiger partial charge >= 0.3 is 12.3 Å². The largest absolute Gasteiger partial charge is 0.440 e.